The Labute approximate surface area is 111 Å². The van der Waals surface area contributed by atoms with Gasteiger partial charge < -0.3 is 9.26 Å². The van der Waals surface area contributed by atoms with Crippen LogP contribution in [0.5, 0.6) is 5.75 Å². The maximum absolute atomic E-state index is 10.6. The molecule has 0 saturated carbocycles. The molecule has 94 valence electrons. The van der Waals surface area contributed by atoms with Gasteiger partial charge in [-0.25, -0.2) is 0 Å². The first-order valence-electron chi connectivity index (χ1n) is 5.05. The third-order valence-electron chi connectivity index (χ3n) is 2.17. The Morgan fingerprint density at radius 3 is 2.89 bits per heavy atom. The van der Waals surface area contributed by atoms with Crippen LogP contribution in [-0.4, -0.2) is 10.1 Å². The van der Waals surface area contributed by atoms with Crippen LogP contribution in [0.25, 0.3) is 0 Å². The number of benzene rings is 1. The summed E-state index contributed by atoms with van der Waals surface area (Å²) >= 11 is 3.26. The van der Waals surface area contributed by atoms with Crippen molar-refractivity contribution in [1.29, 1.82) is 0 Å². The lowest BCUT2D eigenvalue weighted by molar-refractivity contribution is -0.385. The van der Waals surface area contributed by atoms with E-state index in [0.29, 0.717) is 16.0 Å². The van der Waals surface area contributed by atoms with E-state index in [2.05, 4.69) is 21.1 Å². The van der Waals surface area contributed by atoms with Gasteiger partial charge in [-0.2, -0.15) is 0 Å². The lowest BCUT2D eigenvalue weighted by Gasteiger charge is -2.05. The van der Waals surface area contributed by atoms with Gasteiger partial charge in [-0.05, 0) is 28.9 Å². The van der Waals surface area contributed by atoms with Gasteiger partial charge in [0.15, 0.2) is 5.76 Å². The highest BCUT2D eigenvalue weighted by Gasteiger charge is 2.11. The van der Waals surface area contributed by atoms with Crippen LogP contribution in [0.4, 0.5) is 5.69 Å². The van der Waals surface area contributed by atoms with Gasteiger partial charge in [-0.15, -0.1) is 0 Å². The molecule has 1 aromatic heterocycles. The van der Waals surface area contributed by atoms with Crippen LogP contribution >= 0.6 is 15.9 Å². The monoisotopic (exact) mass is 312 g/mol. The van der Waals surface area contributed by atoms with E-state index in [4.69, 9.17) is 9.26 Å². The molecule has 0 fully saturated rings. The minimum Gasteiger partial charge on any atom is -0.484 e. The van der Waals surface area contributed by atoms with Crippen molar-refractivity contribution in [3.05, 3.63) is 50.3 Å². The van der Waals surface area contributed by atoms with Gasteiger partial charge in [0.1, 0.15) is 12.4 Å². The molecular formula is C11H9BrN2O4. The highest BCUT2D eigenvalue weighted by Crippen LogP contribution is 2.29. The molecule has 0 N–H and O–H groups in total. The molecule has 0 spiro atoms. The van der Waals surface area contributed by atoms with Gasteiger partial charge in [0.05, 0.1) is 21.2 Å². The Hall–Kier alpha value is -1.89. The Bertz CT molecular complexity index is 582. The molecule has 0 amide bonds. The first kappa shape index (κ1) is 12.6. The first-order valence-corrected chi connectivity index (χ1v) is 5.84. The first-order chi connectivity index (χ1) is 8.56. The van der Waals surface area contributed by atoms with E-state index in [1.54, 1.807) is 19.1 Å². The molecule has 0 aliphatic rings. The predicted octanol–water partition coefficient (Wildman–Crippen LogP) is 3.23. The number of nitro groups is 1. The SMILES string of the molecule is Cc1cc(COc2cc([N+](=O)[O-])ccc2Br)on1. The largest absolute Gasteiger partial charge is 0.484 e. The number of aromatic nitrogens is 1. The summed E-state index contributed by atoms with van der Waals surface area (Å²) < 4.78 is 11.1. The number of hydrogen-bond acceptors (Lipinski definition) is 5. The van der Waals surface area contributed by atoms with Crippen molar-refractivity contribution in [2.45, 2.75) is 13.5 Å². The number of non-ortho nitro benzene ring substituents is 1. The fourth-order valence-corrected chi connectivity index (χ4v) is 1.71. The summed E-state index contributed by atoms with van der Waals surface area (Å²) in [6.45, 7) is 1.97. The summed E-state index contributed by atoms with van der Waals surface area (Å²) in [5, 5.41) is 14.4. The average molecular weight is 313 g/mol. The summed E-state index contributed by atoms with van der Waals surface area (Å²) in [4.78, 5) is 10.2. The number of rotatable bonds is 4. The molecule has 7 heteroatoms. The number of ether oxygens (including phenoxy) is 1. The zero-order valence-corrected chi connectivity index (χ0v) is 11.0. The lowest BCUT2D eigenvalue weighted by Crippen LogP contribution is -1.96. The molecule has 18 heavy (non-hydrogen) atoms. The maximum Gasteiger partial charge on any atom is 0.273 e. The van der Waals surface area contributed by atoms with E-state index in [1.165, 1.54) is 12.1 Å². The van der Waals surface area contributed by atoms with Crippen molar-refractivity contribution >= 4 is 21.6 Å². The second kappa shape index (κ2) is 5.18. The van der Waals surface area contributed by atoms with Crippen LogP contribution in [0.3, 0.4) is 0 Å². The van der Waals surface area contributed by atoms with Gasteiger partial charge in [0, 0.05) is 12.1 Å². The van der Waals surface area contributed by atoms with Crippen LogP contribution < -0.4 is 4.74 Å². The van der Waals surface area contributed by atoms with Gasteiger partial charge >= 0.3 is 0 Å². The van der Waals surface area contributed by atoms with Crippen LogP contribution in [0, 0.1) is 17.0 Å². The second-order valence-corrected chi connectivity index (χ2v) is 4.45. The highest BCUT2D eigenvalue weighted by molar-refractivity contribution is 9.10. The summed E-state index contributed by atoms with van der Waals surface area (Å²) in [7, 11) is 0. The van der Waals surface area contributed by atoms with E-state index in [1.807, 2.05) is 0 Å². The molecule has 2 aromatic rings. The van der Waals surface area contributed by atoms with E-state index in [9.17, 15) is 10.1 Å². The van der Waals surface area contributed by atoms with Crippen LogP contribution in [0.2, 0.25) is 0 Å². The van der Waals surface area contributed by atoms with Crippen molar-refractivity contribution in [2.24, 2.45) is 0 Å². The topological polar surface area (TPSA) is 78.4 Å². The van der Waals surface area contributed by atoms with Crippen molar-refractivity contribution in [1.82, 2.24) is 5.16 Å². The fraction of sp³-hybridized carbons (Fsp3) is 0.182. The number of aryl methyl sites for hydroxylation is 1. The standard InChI is InChI=1S/C11H9BrN2O4/c1-7-4-9(18-13-7)6-17-11-5-8(14(15)16)2-3-10(11)12/h2-5H,6H2,1H3. The molecule has 1 aromatic carbocycles. The molecule has 0 bridgehead atoms. The number of nitro benzene ring substituents is 1. The number of hydrogen-bond donors (Lipinski definition) is 0. The van der Waals surface area contributed by atoms with Crippen LogP contribution in [0.1, 0.15) is 11.5 Å². The molecule has 1 heterocycles. The number of halogens is 1. The smallest absolute Gasteiger partial charge is 0.273 e. The molecule has 0 radical (unpaired) electrons. The summed E-state index contributed by atoms with van der Waals surface area (Å²) in [5.41, 5.74) is 0.730. The van der Waals surface area contributed by atoms with Gasteiger partial charge in [0.2, 0.25) is 0 Å². The zero-order valence-electron chi connectivity index (χ0n) is 9.42. The minimum atomic E-state index is -0.474. The predicted molar refractivity (Wildman–Crippen MR) is 66.4 cm³/mol. The molecule has 0 unspecified atom stereocenters. The van der Waals surface area contributed by atoms with Crippen molar-refractivity contribution in [3.63, 3.8) is 0 Å². The van der Waals surface area contributed by atoms with E-state index in [0.717, 1.165) is 5.69 Å². The molecule has 0 saturated heterocycles. The third kappa shape index (κ3) is 2.86. The van der Waals surface area contributed by atoms with Crippen molar-refractivity contribution in [2.75, 3.05) is 0 Å². The maximum atomic E-state index is 10.6. The Morgan fingerprint density at radius 1 is 1.50 bits per heavy atom. The Morgan fingerprint density at radius 2 is 2.28 bits per heavy atom. The molecular weight excluding hydrogens is 304 g/mol. The van der Waals surface area contributed by atoms with Crippen molar-refractivity contribution in [3.8, 4) is 5.75 Å². The average Bonchev–Trinajstić information content (AvgIpc) is 2.74. The van der Waals surface area contributed by atoms with Gasteiger partial charge in [0.25, 0.3) is 5.69 Å². The highest BCUT2D eigenvalue weighted by atomic mass is 79.9. The third-order valence-corrected chi connectivity index (χ3v) is 2.83. The lowest BCUT2D eigenvalue weighted by atomic mass is 10.3. The molecule has 0 atom stereocenters. The quantitative estimate of drug-likeness (QED) is 0.639. The summed E-state index contributed by atoms with van der Waals surface area (Å²) in [5.74, 6) is 0.948. The van der Waals surface area contributed by atoms with Gasteiger partial charge in [-0.1, -0.05) is 5.16 Å². The van der Waals surface area contributed by atoms with E-state index >= 15 is 0 Å². The molecule has 2 rings (SSSR count). The molecule has 0 aliphatic heterocycles. The molecule has 0 aliphatic carbocycles. The van der Waals surface area contributed by atoms with E-state index in [-0.39, 0.29) is 12.3 Å². The molecule has 6 nitrogen and oxygen atoms in total. The fourth-order valence-electron chi connectivity index (χ4n) is 1.35. The van der Waals surface area contributed by atoms with Crippen molar-refractivity contribution < 1.29 is 14.2 Å². The Balaban J connectivity index is 2.13. The van der Waals surface area contributed by atoms with Crippen LogP contribution in [-0.2, 0) is 6.61 Å². The summed E-state index contributed by atoms with van der Waals surface area (Å²) in [6, 6.07) is 6.06. The minimum absolute atomic E-state index is 0.0260. The summed E-state index contributed by atoms with van der Waals surface area (Å²) in [6.07, 6.45) is 0. The Kier molecular flexibility index (Phi) is 3.61. The normalized spacial score (nSPS) is 10.3. The number of nitrogens with zero attached hydrogens (tertiary/aromatic N) is 2. The second-order valence-electron chi connectivity index (χ2n) is 3.60. The van der Waals surface area contributed by atoms with Gasteiger partial charge in [-0.3, -0.25) is 10.1 Å². The zero-order chi connectivity index (χ0) is 13.1. The van der Waals surface area contributed by atoms with E-state index < -0.39 is 4.92 Å². The van der Waals surface area contributed by atoms with Crippen LogP contribution in [0.15, 0.2) is 33.3 Å².